The van der Waals surface area contributed by atoms with E-state index in [-0.39, 0.29) is 0 Å². The molecule has 0 amide bonds. The Morgan fingerprint density at radius 3 is 2.45 bits per heavy atom. The van der Waals surface area contributed by atoms with Gasteiger partial charge in [-0.25, -0.2) is 4.99 Å². The Morgan fingerprint density at radius 2 is 2.00 bits per heavy atom. The van der Waals surface area contributed by atoms with Gasteiger partial charge < -0.3 is 10.6 Å². The number of nitrogens with one attached hydrogen (secondary N) is 2. The van der Waals surface area contributed by atoms with Gasteiger partial charge in [0.05, 0.1) is 12.2 Å². The normalized spacial score (nSPS) is 17.2. The van der Waals surface area contributed by atoms with Crippen LogP contribution < -0.4 is 10.6 Å². The Balaban J connectivity index is 2.00. The standard InChI is InChI=1S/C17H31N5/c1-6-17(9-8-10-17)12-20-16(18-7-2)19-11-15-13(3)21-22(5)14(15)4/h6-12H2,1-5H3,(H2,18,19,20). The third-order valence-corrected chi connectivity index (χ3v) is 5.19. The van der Waals surface area contributed by atoms with Crippen molar-refractivity contribution in [3.63, 3.8) is 0 Å². The van der Waals surface area contributed by atoms with E-state index in [0.717, 1.165) is 24.7 Å². The van der Waals surface area contributed by atoms with Crippen molar-refractivity contribution in [3.8, 4) is 0 Å². The minimum atomic E-state index is 0.496. The fourth-order valence-corrected chi connectivity index (χ4v) is 3.15. The summed E-state index contributed by atoms with van der Waals surface area (Å²) in [5, 5.41) is 11.4. The summed E-state index contributed by atoms with van der Waals surface area (Å²) in [6.07, 6.45) is 5.31. The van der Waals surface area contributed by atoms with Crippen LogP contribution in [-0.2, 0) is 13.6 Å². The van der Waals surface area contributed by atoms with E-state index >= 15 is 0 Å². The van der Waals surface area contributed by atoms with Crippen molar-refractivity contribution in [1.82, 2.24) is 20.4 Å². The quantitative estimate of drug-likeness (QED) is 0.627. The monoisotopic (exact) mass is 305 g/mol. The average molecular weight is 305 g/mol. The van der Waals surface area contributed by atoms with Crippen LogP contribution in [0.1, 0.15) is 56.5 Å². The van der Waals surface area contributed by atoms with Gasteiger partial charge in [-0.05, 0) is 45.4 Å². The van der Waals surface area contributed by atoms with Gasteiger partial charge in [-0.3, -0.25) is 4.68 Å². The molecule has 5 nitrogen and oxygen atoms in total. The molecule has 22 heavy (non-hydrogen) atoms. The molecule has 0 bridgehead atoms. The van der Waals surface area contributed by atoms with Crippen molar-refractivity contribution in [2.24, 2.45) is 17.5 Å². The molecule has 1 aromatic rings. The smallest absolute Gasteiger partial charge is 0.191 e. The lowest BCUT2D eigenvalue weighted by Gasteiger charge is -2.41. The van der Waals surface area contributed by atoms with Crippen LogP contribution in [-0.4, -0.2) is 28.8 Å². The fourth-order valence-electron chi connectivity index (χ4n) is 3.15. The van der Waals surface area contributed by atoms with Crippen molar-refractivity contribution in [1.29, 1.82) is 0 Å². The SMILES string of the molecule is CCNC(=NCc1c(C)nn(C)c1C)NCC1(CC)CCC1. The third kappa shape index (κ3) is 3.62. The Hall–Kier alpha value is -1.52. The van der Waals surface area contributed by atoms with Gasteiger partial charge in [-0.1, -0.05) is 13.3 Å². The van der Waals surface area contributed by atoms with Gasteiger partial charge in [0.1, 0.15) is 0 Å². The second-order valence-corrected chi connectivity index (χ2v) is 6.53. The number of guanidine groups is 1. The topological polar surface area (TPSA) is 54.2 Å². The van der Waals surface area contributed by atoms with Crippen molar-refractivity contribution in [3.05, 3.63) is 17.0 Å². The lowest BCUT2D eigenvalue weighted by atomic mass is 9.67. The molecule has 1 saturated carbocycles. The van der Waals surface area contributed by atoms with Gasteiger partial charge in [-0.2, -0.15) is 5.10 Å². The maximum atomic E-state index is 4.76. The van der Waals surface area contributed by atoms with E-state index in [2.05, 4.69) is 43.4 Å². The zero-order valence-corrected chi connectivity index (χ0v) is 14.8. The minimum Gasteiger partial charge on any atom is -0.357 e. The molecule has 2 rings (SSSR count). The maximum Gasteiger partial charge on any atom is 0.191 e. The fraction of sp³-hybridized carbons (Fsp3) is 0.765. The molecule has 124 valence electrons. The van der Waals surface area contributed by atoms with E-state index in [4.69, 9.17) is 4.99 Å². The largest absolute Gasteiger partial charge is 0.357 e. The number of aromatic nitrogens is 2. The second kappa shape index (κ2) is 7.16. The zero-order chi connectivity index (χ0) is 16.2. The predicted molar refractivity (Wildman–Crippen MR) is 92.1 cm³/mol. The summed E-state index contributed by atoms with van der Waals surface area (Å²) in [6, 6.07) is 0. The highest BCUT2D eigenvalue weighted by molar-refractivity contribution is 5.79. The van der Waals surface area contributed by atoms with Gasteiger partial charge in [0, 0.05) is 31.4 Å². The van der Waals surface area contributed by atoms with E-state index in [1.54, 1.807) is 0 Å². The number of nitrogens with zero attached hydrogens (tertiary/aromatic N) is 3. The van der Waals surface area contributed by atoms with E-state index in [1.807, 2.05) is 11.7 Å². The van der Waals surface area contributed by atoms with E-state index in [9.17, 15) is 0 Å². The number of hydrogen-bond acceptors (Lipinski definition) is 2. The van der Waals surface area contributed by atoms with Crippen molar-refractivity contribution in [2.45, 2.75) is 59.9 Å². The van der Waals surface area contributed by atoms with Crippen LogP contribution in [0.25, 0.3) is 0 Å². The highest BCUT2D eigenvalue weighted by Gasteiger charge is 2.34. The first-order chi connectivity index (χ1) is 10.5. The van der Waals surface area contributed by atoms with Crippen LogP contribution in [0.5, 0.6) is 0 Å². The Kier molecular flexibility index (Phi) is 5.48. The van der Waals surface area contributed by atoms with Crippen LogP contribution in [0, 0.1) is 19.3 Å². The van der Waals surface area contributed by atoms with Gasteiger partial charge in [0.25, 0.3) is 0 Å². The molecule has 1 aliphatic carbocycles. The third-order valence-electron chi connectivity index (χ3n) is 5.19. The Morgan fingerprint density at radius 1 is 1.27 bits per heavy atom. The highest BCUT2D eigenvalue weighted by Crippen LogP contribution is 2.42. The lowest BCUT2D eigenvalue weighted by molar-refractivity contribution is 0.131. The van der Waals surface area contributed by atoms with Crippen LogP contribution in [0.4, 0.5) is 0 Å². The molecular weight excluding hydrogens is 274 g/mol. The Bertz CT molecular complexity index is 520. The van der Waals surface area contributed by atoms with E-state index in [1.165, 1.54) is 36.9 Å². The van der Waals surface area contributed by atoms with Gasteiger partial charge in [0.15, 0.2) is 5.96 Å². The van der Waals surface area contributed by atoms with Gasteiger partial charge in [-0.15, -0.1) is 0 Å². The van der Waals surface area contributed by atoms with Gasteiger partial charge >= 0.3 is 0 Å². The molecule has 0 aromatic carbocycles. The minimum absolute atomic E-state index is 0.496. The summed E-state index contributed by atoms with van der Waals surface area (Å²) in [4.78, 5) is 4.76. The molecule has 0 saturated heterocycles. The molecule has 0 aliphatic heterocycles. The first kappa shape index (κ1) is 16.8. The van der Waals surface area contributed by atoms with Crippen LogP contribution in [0.2, 0.25) is 0 Å². The second-order valence-electron chi connectivity index (χ2n) is 6.53. The summed E-state index contributed by atoms with van der Waals surface area (Å²) in [5.74, 6) is 0.921. The molecule has 0 spiro atoms. The summed E-state index contributed by atoms with van der Waals surface area (Å²) >= 11 is 0. The van der Waals surface area contributed by atoms with Crippen LogP contribution >= 0.6 is 0 Å². The maximum absolute atomic E-state index is 4.76. The molecule has 1 aliphatic rings. The summed E-state index contributed by atoms with van der Waals surface area (Å²) < 4.78 is 1.93. The molecule has 5 heteroatoms. The zero-order valence-electron chi connectivity index (χ0n) is 14.8. The van der Waals surface area contributed by atoms with Gasteiger partial charge in [0.2, 0.25) is 0 Å². The summed E-state index contributed by atoms with van der Waals surface area (Å²) in [7, 11) is 1.99. The molecule has 1 heterocycles. The molecular formula is C17H31N5. The first-order valence-electron chi connectivity index (χ1n) is 8.52. The molecule has 1 aromatic heterocycles. The first-order valence-corrected chi connectivity index (χ1v) is 8.52. The average Bonchev–Trinajstić information content (AvgIpc) is 2.69. The summed E-state index contributed by atoms with van der Waals surface area (Å²) in [6.45, 7) is 11.2. The van der Waals surface area contributed by atoms with E-state index < -0.39 is 0 Å². The highest BCUT2D eigenvalue weighted by atomic mass is 15.3. The number of aryl methyl sites for hydroxylation is 2. The molecule has 1 fully saturated rings. The van der Waals surface area contributed by atoms with Crippen molar-refractivity contribution < 1.29 is 0 Å². The van der Waals surface area contributed by atoms with Crippen LogP contribution in [0.3, 0.4) is 0 Å². The van der Waals surface area contributed by atoms with E-state index in [0.29, 0.717) is 12.0 Å². The summed E-state index contributed by atoms with van der Waals surface area (Å²) in [5.41, 5.74) is 3.99. The van der Waals surface area contributed by atoms with Crippen molar-refractivity contribution >= 4 is 5.96 Å². The molecule has 0 radical (unpaired) electrons. The molecule has 0 atom stereocenters. The number of hydrogen-bond donors (Lipinski definition) is 2. The number of aliphatic imine (C=N–C) groups is 1. The molecule has 2 N–H and O–H groups in total. The number of rotatable bonds is 6. The predicted octanol–water partition coefficient (Wildman–Crippen LogP) is 2.67. The Labute approximate surface area is 134 Å². The van der Waals surface area contributed by atoms with Crippen molar-refractivity contribution in [2.75, 3.05) is 13.1 Å². The molecule has 0 unspecified atom stereocenters. The lowest BCUT2D eigenvalue weighted by Crippen LogP contribution is -2.46. The van der Waals surface area contributed by atoms with Crippen LogP contribution in [0.15, 0.2) is 4.99 Å².